The molecule has 0 aliphatic rings. The molecule has 0 aliphatic heterocycles. The molecule has 0 N–H and O–H groups in total. The van der Waals surface area contributed by atoms with Gasteiger partial charge in [0.2, 0.25) is 0 Å². The van der Waals surface area contributed by atoms with Gasteiger partial charge in [0.15, 0.2) is 5.82 Å². The van der Waals surface area contributed by atoms with Gasteiger partial charge in [0, 0.05) is 60.8 Å². The second-order valence-electron chi connectivity index (χ2n) is 16.7. The van der Waals surface area contributed by atoms with Gasteiger partial charge in [-0.2, -0.15) is 0 Å². The van der Waals surface area contributed by atoms with Crippen LogP contribution in [0.5, 0.6) is 0 Å². The molecule has 4 nitrogen and oxygen atoms in total. The quantitative estimate of drug-likeness (QED) is 0.145. The molecule has 0 saturated carbocycles. The summed E-state index contributed by atoms with van der Waals surface area (Å²) in [5, 5.41) is 2.21. The average molecular weight is 856 g/mol. The Morgan fingerprint density at radius 1 is 0.269 bits per heavy atom. The van der Waals surface area contributed by atoms with E-state index in [4.69, 9.17) is 19.4 Å². The number of rotatable bonds is 9. The predicted molar refractivity (Wildman–Crippen MR) is 276 cm³/mol. The summed E-state index contributed by atoms with van der Waals surface area (Å²) in [6, 6.07) is 86.8. The lowest BCUT2D eigenvalue weighted by Gasteiger charge is -2.23. The highest BCUT2D eigenvalue weighted by molar-refractivity contribution is 6.10. The van der Waals surface area contributed by atoms with Crippen LogP contribution in [0.4, 0.5) is 0 Å². The number of hydrogen-bond acceptors (Lipinski definition) is 4. The minimum absolute atomic E-state index is 0.661. The minimum Gasteiger partial charge on any atom is -0.455 e. The van der Waals surface area contributed by atoms with E-state index < -0.39 is 0 Å². The van der Waals surface area contributed by atoms with Gasteiger partial charge in [-0.25, -0.2) is 15.0 Å². The van der Waals surface area contributed by atoms with Crippen molar-refractivity contribution in [3.8, 4) is 101 Å². The van der Waals surface area contributed by atoms with Crippen molar-refractivity contribution >= 4 is 21.9 Å². The van der Waals surface area contributed by atoms with Crippen LogP contribution in [0.2, 0.25) is 0 Å². The third kappa shape index (κ3) is 7.47. The van der Waals surface area contributed by atoms with E-state index in [0.717, 1.165) is 117 Å². The van der Waals surface area contributed by atoms with Crippen LogP contribution in [0.15, 0.2) is 253 Å². The molecule has 0 aliphatic carbocycles. The third-order valence-corrected chi connectivity index (χ3v) is 12.5. The number of aromatic nitrogens is 3. The van der Waals surface area contributed by atoms with Crippen LogP contribution >= 0.6 is 0 Å². The van der Waals surface area contributed by atoms with Crippen LogP contribution in [0.25, 0.3) is 123 Å². The molecule has 0 radical (unpaired) electrons. The van der Waals surface area contributed by atoms with Crippen LogP contribution in [0.3, 0.4) is 0 Å². The summed E-state index contributed by atoms with van der Waals surface area (Å²) in [7, 11) is 0. The van der Waals surface area contributed by atoms with E-state index in [9.17, 15) is 0 Å². The fourth-order valence-electron chi connectivity index (χ4n) is 9.34. The van der Waals surface area contributed by atoms with Crippen LogP contribution in [0, 0.1) is 0 Å². The standard InChI is InChI=1S/C63H41N3O/c1-6-20-43(21-7-1)58-57(59(44-22-8-2-9-23-44)61(47-26-12-4-13-27-47)66-60(58)46-24-10-3-11-25-46)45-38-36-42(37-39-45)54-41-55(65-63(64-54)48-28-14-5-15-29-48)50-31-18-30-49(40-50)51-33-19-34-53-52-32-16-17-35-56(52)67-62(51)53/h1-41H. The molecule has 3 heterocycles. The van der Waals surface area contributed by atoms with Gasteiger partial charge in [0.05, 0.1) is 22.8 Å². The molecular weight excluding hydrogens is 815 g/mol. The molecular formula is C63H41N3O. The number of nitrogens with zero attached hydrogens (tertiary/aromatic N) is 3. The molecule has 314 valence electrons. The maximum Gasteiger partial charge on any atom is 0.160 e. The molecule has 0 amide bonds. The van der Waals surface area contributed by atoms with Crippen LogP contribution in [-0.4, -0.2) is 15.0 Å². The molecule has 0 unspecified atom stereocenters. The Bertz CT molecular complexity index is 3600. The molecule has 12 rings (SSSR count). The lowest BCUT2D eigenvalue weighted by molar-refractivity contribution is 0.670. The van der Waals surface area contributed by atoms with Crippen LogP contribution in [0.1, 0.15) is 0 Å². The number of furan rings is 1. The molecule has 3 aromatic heterocycles. The first kappa shape index (κ1) is 39.6. The molecule has 0 fully saturated rings. The van der Waals surface area contributed by atoms with Crippen LogP contribution < -0.4 is 0 Å². The lowest BCUT2D eigenvalue weighted by Crippen LogP contribution is -2.01. The predicted octanol–water partition coefficient (Wildman–Crippen LogP) is 16.8. The van der Waals surface area contributed by atoms with Gasteiger partial charge < -0.3 is 4.42 Å². The smallest absolute Gasteiger partial charge is 0.160 e. The summed E-state index contributed by atoms with van der Waals surface area (Å²) in [6.07, 6.45) is 0. The van der Waals surface area contributed by atoms with Gasteiger partial charge in [-0.15, -0.1) is 0 Å². The Labute approximate surface area is 389 Å². The Morgan fingerprint density at radius 2 is 0.701 bits per heavy atom. The van der Waals surface area contributed by atoms with E-state index in [-0.39, 0.29) is 0 Å². The van der Waals surface area contributed by atoms with Crippen molar-refractivity contribution < 1.29 is 4.42 Å². The van der Waals surface area contributed by atoms with E-state index in [0.29, 0.717) is 5.82 Å². The Hall–Kier alpha value is -8.99. The number of para-hydroxylation sites is 2. The van der Waals surface area contributed by atoms with Crippen molar-refractivity contribution in [3.05, 3.63) is 249 Å². The van der Waals surface area contributed by atoms with Gasteiger partial charge in [-0.3, -0.25) is 0 Å². The maximum absolute atomic E-state index is 6.47. The summed E-state index contributed by atoms with van der Waals surface area (Å²) in [4.78, 5) is 16.1. The van der Waals surface area contributed by atoms with Gasteiger partial charge >= 0.3 is 0 Å². The summed E-state index contributed by atoms with van der Waals surface area (Å²) in [5.74, 6) is 0.661. The largest absolute Gasteiger partial charge is 0.455 e. The highest BCUT2D eigenvalue weighted by Gasteiger charge is 2.25. The fraction of sp³-hybridized carbons (Fsp3) is 0. The first-order valence-corrected chi connectivity index (χ1v) is 22.6. The minimum atomic E-state index is 0.661. The summed E-state index contributed by atoms with van der Waals surface area (Å²) < 4.78 is 6.47. The van der Waals surface area contributed by atoms with Gasteiger partial charge in [-0.1, -0.05) is 231 Å². The lowest BCUT2D eigenvalue weighted by atomic mass is 9.83. The average Bonchev–Trinajstić information content (AvgIpc) is 3.81. The van der Waals surface area contributed by atoms with Gasteiger partial charge in [0.1, 0.15) is 11.2 Å². The molecule has 4 heteroatoms. The third-order valence-electron chi connectivity index (χ3n) is 12.5. The van der Waals surface area contributed by atoms with Gasteiger partial charge in [0.25, 0.3) is 0 Å². The van der Waals surface area contributed by atoms with Crippen molar-refractivity contribution in [1.29, 1.82) is 0 Å². The van der Waals surface area contributed by atoms with Crippen molar-refractivity contribution in [1.82, 2.24) is 15.0 Å². The number of pyridine rings is 1. The monoisotopic (exact) mass is 855 g/mol. The fourth-order valence-corrected chi connectivity index (χ4v) is 9.34. The zero-order chi connectivity index (χ0) is 44.5. The molecule has 12 aromatic rings. The molecule has 0 bridgehead atoms. The second kappa shape index (κ2) is 17.2. The summed E-state index contributed by atoms with van der Waals surface area (Å²) in [5.41, 5.74) is 18.9. The number of benzene rings is 9. The SMILES string of the molecule is c1ccc(-c2nc(-c3ccc(-c4c(-c5ccccc5)c(-c5ccccc5)nc(-c5ccccc5)c4-c4ccccc4)cc3)cc(-c3cccc(-c4cccc5c4oc4ccccc45)c3)n2)cc1. The van der Waals surface area contributed by atoms with Crippen molar-refractivity contribution in [3.63, 3.8) is 0 Å². The Balaban J connectivity index is 1.04. The van der Waals surface area contributed by atoms with Crippen LogP contribution in [-0.2, 0) is 0 Å². The van der Waals surface area contributed by atoms with E-state index in [1.807, 2.05) is 30.3 Å². The number of hydrogen-bond donors (Lipinski definition) is 0. The zero-order valence-electron chi connectivity index (χ0n) is 36.4. The molecule has 0 atom stereocenters. The second-order valence-corrected chi connectivity index (χ2v) is 16.7. The van der Waals surface area contributed by atoms with E-state index in [1.165, 1.54) is 0 Å². The Morgan fingerprint density at radius 3 is 1.30 bits per heavy atom. The van der Waals surface area contributed by atoms with Crippen molar-refractivity contribution in [2.24, 2.45) is 0 Å². The molecule has 0 spiro atoms. The number of fused-ring (bicyclic) bond motifs is 3. The van der Waals surface area contributed by atoms with E-state index >= 15 is 0 Å². The highest BCUT2D eigenvalue weighted by Crippen LogP contribution is 2.49. The first-order valence-electron chi connectivity index (χ1n) is 22.6. The van der Waals surface area contributed by atoms with E-state index in [1.54, 1.807) is 0 Å². The molecule has 67 heavy (non-hydrogen) atoms. The van der Waals surface area contributed by atoms with Crippen molar-refractivity contribution in [2.75, 3.05) is 0 Å². The molecule has 9 aromatic carbocycles. The van der Waals surface area contributed by atoms with Crippen molar-refractivity contribution in [2.45, 2.75) is 0 Å². The highest BCUT2D eigenvalue weighted by atomic mass is 16.3. The first-order chi connectivity index (χ1) is 33.2. The summed E-state index contributed by atoms with van der Waals surface area (Å²) in [6.45, 7) is 0. The zero-order valence-corrected chi connectivity index (χ0v) is 36.4. The normalized spacial score (nSPS) is 11.3. The Kier molecular flexibility index (Phi) is 10.2. The van der Waals surface area contributed by atoms with E-state index in [2.05, 4.69) is 218 Å². The topological polar surface area (TPSA) is 51.8 Å². The summed E-state index contributed by atoms with van der Waals surface area (Å²) >= 11 is 0. The maximum atomic E-state index is 6.47. The molecule has 0 saturated heterocycles. The van der Waals surface area contributed by atoms with Gasteiger partial charge in [-0.05, 0) is 40.5 Å².